The third kappa shape index (κ3) is 3.65. The maximum atomic E-state index is 13.6. The number of piperazine rings is 1. The average Bonchev–Trinajstić information content (AvgIpc) is 2.42. The maximum absolute atomic E-state index is 13.6. The third-order valence-corrected chi connectivity index (χ3v) is 3.98. The molecule has 1 saturated heterocycles. The lowest BCUT2D eigenvalue weighted by molar-refractivity contribution is 0.153. The van der Waals surface area contributed by atoms with Crippen LogP contribution in [-0.4, -0.2) is 49.6 Å². The molecular formula is C14H18ClF3N2. The Balaban J connectivity index is 1.90. The maximum Gasteiger partial charge on any atom is 0.177 e. The Kier molecular flexibility index (Phi) is 5.29. The van der Waals surface area contributed by atoms with Crippen molar-refractivity contribution in [3.8, 4) is 0 Å². The summed E-state index contributed by atoms with van der Waals surface area (Å²) in [6, 6.07) is 0.838. The number of nitrogens with zero attached hydrogens (tertiary/aromatic N) is 2. The first-order chi connectivity index (χ1) is 9.49. The van der Waals surface area contributed by atoms with Gasteiger partial charge in [0.25, 0.3) is 0 Å². The van der Waals surface area contributed by atoms with Crippen LogP contribution in [0.4, 0.5) is 13.2 Å². The molecule has 0 N–H and O–H groups in total. The van der Waals surface area contributed by atoms with Crippen LogP contribution >= 0.6 is 11.6 Å². The summed E-state index contributed by atoms with van der Waals surface area (Å²) in [6.07, 6.45) is 0.775. The van der Waals surface area contributed by atoms with Crippen molar-refractivity contribution in [1.29, 1.82) is 0 Å². The van der Waals surface area contributed by atoms with Crippen LogP contribution in [-0.2, 0) is 6.42 Å². The number of rotatable bonds is 4. The van der Waals surface area contributed by atoms with Gasteiger partial charge in [0, 0.05) is 31.7 Å². The molecule has 0 bridgehead atoms. The monoisotopic (exact) mass is 306 g/mol. The van der Waals surface area contributed by atoms with Crippen molar-refractivity contribution < 1.29 is 13.2 Å². The van der Waals surface area contributed by atoms with Gasteiger partial charge in [-0.2, -0.15) is 0 Å². The molecule has 1 aromatic rings. The van der Waals surface area contributed by atoms with Gasteiger partial charge in [0.2, 0.25) is 0 Å². The molecule has 1 fully saturated rings. The molecular weight excluding hydrogens is 289 g/mol. The Labute approximate surface area is 122 Å². The van der Waals surface area contributed by atoms with E-state index in [0.29, 0.717) is 6.42 Å². The Morgan fingerprint density at radius 3 is 2.40 bits per heavy atom. The summed E-state index contributed by atoms with van der Waals surface area (Å²) in [6.45, 7) is 4.67. The highest BCUT2D eigenvalue weighted by Gasteiger charge is 2.18. The molecule has 0 atom stereocenters. The van der Waals surface area contributed by atoms with Crippen LogP contribution in [0.5, 0.6) is 0 Å². The van der Waals surface area contributed by atoms with Crippen molar-refractivity contribution >= 4 is 11.6 Å². The van der Waals surface area contributed by atoms with E-state index in [1.807, 2.05) is 0 Å². The Morgan fingerprint density at radius 2 is 1.75 bits per heavy atom. The number of hydrogen-bond acceptors (Lipinski definition) is 2. The number of likely N-dealkylation sites (N-methyl/N-ethyl adjacent to an activating group) is 1. The first kappa shape index (κ1) is 15.6. The SMILES string of the molecule is CN1CCN(CCCc2c(F)cc(Cl)c(F)c2F)CC1. The summed E-state index contributed by atoms with van der Waals surface area (Å²) >= 11 is 5.39. The van der Waals surface area contributed by atoms with Crippen molar-refractivity contribution in [3.05, 3.63) is 34.1 Å². The smallest absolute Gasteiger partial charge is 0.177 e. The number of benzene rings is 1. The Morgan fingerprint density at radius 1 is 1.10 bits per heavy atom. The third-order valence-electron chi connectivity index (χ3n) is 3.71. The fourth-order valence-corrected chi connectivity index (χ4v) is 2.56. The second-order valence-corrected chi connectivity index (χ2v) is 5.60. The van der Waals surface area contributed by atoms with Crippen molar-refractivity contribution in [2.24, 2.45) is 0 Å². The van der Waals surface area contributed by atoms with Crippen LogP contribution in [0.1, 0.15) is 12.0 Å². The highest BCUT2D eigenvalue weighted by atomic mass is 35.5. The van der Waals surface area contributed by atoms with Crippen LogP contribution in [0.15, 0.2) is 6.07 Å². The molecule has 20 heavy (non-hydrogen) atoms. The van der Waals surface area contributed by atoms with E-state index < -0.39 is 22.5 Å². The van der Waals surface area contributed by atoms with Crippen molar-refractivity contribution in [2.75, 3.05) is 39.8 Å². The first-order valence-corrected chi connectivity index (χ1v) is 7.09. The minimum atomic E-state index is -1.16. The highest BCUT2D eigenvalue weighted by Crippen LogP contribution is 2.24. The molecule has 1 heterocycles. The lowest BCUT2D eigenvalue weighted by Crippen LogP contribution is -2.44. The molecule has 2 rings (SSSR count). The minimum absolute atomic E-state index is 0.179. The lowest BCUT2D eigenvalue weighted by atomic mass is 10.1. The molecule has 1 aromatic carbocycles. The van der Waals surface area contributed by atoms with Gasteiger partial charge < -0.3 is 9.80 Å². The molecule has 2 nitrogen and oxygen atoms in total. The van der Waals surface area contributed by atoms with Crippen molar-refractivity contribution in [2.45, 2.75) is 12.8 Å². The highest BCUT2D eigenvalue weighted by molar-refractivity contribution is 6.30. The quantitative estimate of drug-likeness (QED) is 0.623. The van der Waals surface area contributed by atoms with Crippen LogP contribution in [0.3, 0.4) is 0 Å². The predicted molar refractivity (Wildman–Crippen MR) is 73.6 cm³/mol. The molecule has 112 valence electrons. The molecule has 0 amide bonds. The molecule has 6 heteroatoms. The zero-order valence-electron chi connectivity index (χ0n) is 11.4. The van der Waals surface area contributed by atoms with E-state index in [1.54, 1.807) is 0 Å². The van der Waals surface area contributed by atoms with E-state index >= 15 is 0 Å². The predicted octanol–water partition coefficient (Wildman–Crippen LogP) is 2.94. The van der Waals surface area contributed by atoms with E-state index in [1.165, 1.54) is 0 Å². The van der Waals surface area contributed by atoms with Crippen LogP contribution < -0.4 is 0 Å². The van der Waals surface area contributed by atoms with Gasteiger partial charge in [0.15, 0.2) is 11.6 Å². The standard InChI is InChI=1S/C14H18ClF3N2/c1-19-5-7-20(8-6-19)4-2-3-10-12(16)9-11(15)14(18)13(10)17/h9H,2-8H2,1H3. The minimum Gasteiger partial charge on any atom is -0.304 e. The van der Waals surface area contributed by atoms with E-state index in [0.717, 1.165) is 38.8 Å². The first-order valence-electron chi connectivity index (χ1n) is 6.72. The molecule has 1 aliphatic rings. The average molecular weight is 307 g/mol. The number of halogens is 4. The van der Waals surface area contributed by atoms with Crippen LogP contribution in [0.25, 0.3) is 0 Å². The molecule has 0 radical (unpaired) electrons. The van der Waals surface area contributed by atoms with Gasteiger partial charge in [0.05, 0.1) is 5.02 Å². The summed E-state index contributed by atoms with van der Waals surface area (Å²) in [5, 5.41) is -0.511. The lowest BCUT2D eigenvalue weighted by Gasteiger charge is -2.32. The second-order valence-electron chi connectivity index (χ2n) is 5.20. The van der Waals surface area contributed by atoms with Gasteiger partial charge >= 0.3 is 0 Å². The Hall–Kier alpha value is -0.780. The molecule has 1 aliphatic heterocycles. The zero-order chi connectivity index (χ0) is 14.7. The van der Waals surface area contributed by atoms with Crippen LogP contribution in [0, 0.1) is 17.5 Å². The van der Waals surface area contributed by atoms with Gasteiger partial charge in [-0.3, -0.25) is 0 Å². The second kappa shape index (κ2) is 6.78. The van der Waals surface area contributed by atoms with E-state index in [4.69, 9.17) is 11.6 Å². The normalized spacial score (nSPS) is 17.6. The summed E-state index contributed by atoms with van der Waals surface area (Å²) in [5.74, 6) is -3.09. The van der Waals surface area contributed by atoms with E-state index in [-0.39, 0.29) is 12.0 Å². The topological polar surface area (TPSA) is 6.48 Å². The summed E-state index contributed by atoms with van der Waals surface area (Å²) in [4.78, 5) is 4.49. The largest absolute Gasteiger partial charge is 0.304 e. The van der Waals surface area contributed by atoms with Gasteiger partial charge in [-0.25, -0.2) is 13.2 Å². The molecule has 0 unspecified atom stereocenters. The van der Waals surface area contributed by atoms with Gasteiger partial charge in [-0.15, -0.1) is 0 Å². The van der Waals surface area contributed by atoms with Gasteiger partial charge in [0.1, 0.15) is 5.82 Å². The van der Waals surface area contributed by atoms with E-state index in [2.05, 4.69) is 16.8 Å². The fourth-order valence-electron chi connectivity index (χ4n) is 2.38. The van der Waals surface area contributed by atoms with Crippen molar-refractivity contribution in [3.63, 3.8) is 0 Å². The zero-order valence-corrected chi connectivity index (χ0v) is 12.2. The molecule has 0 saturated carbocycles. The number of hydrogen-bond donors (Lipinski definition) is 0. The van der Waals surface area contributed by atoms with Crippen molar-refractivity contribution in [1.82, 2.24) is 9.80 Å². The van der Waals surface area contributed by atoms with E-state index in [9.17, 15) is 13.2 Å². The summed E-state index contributed by atoms with van der Waals surface area (Å²) in [5.41, 5.74) is -0.207. The fraction of sp³-hybridized carbons (Fsp3) is 0.571. The molecule has 0 aliphatic carbocycles. The summed E-state index contributed by atoms with van der Waals surface area (Å²) < 4.78 is 40.5. The van der Waals surface area contributed by atoms with Crippen LogP contribution in [0.2, 0.25) is 5.02 Å². The Bertz CT molecular complexity index is 474. The van der Waals surface area contributed by atoms with Gasteiger partial charge in [-0.05, 0) is 32.5 Å². The van der Waals surface area contributed by atoms with Gasteiger partial charge in [-0.1, -0.05) is 11.6 Å². The molecule has 0 spiro atoms. The summed E-state index contributed by atoms with van der Waals surface area (Å²) in [7, 11) is 2.07. The molecule has 0 aromatic heterocycles.